The van der Waals surface area contributed by atoms with Crippen LogP contribution in [0.25, 0.3) is 0 Å². The third-order valence-electron chi connectivity index (χ3n) is 6.61. The van der Waals surface area contributed by atoms with Gasteiger partial charge in [-0.1, -0.05) is 109 Å². The fourth-order valence-electron chi connectivity index (χ4n) is 4.62. The monoisotopic (exact) mass is 504 g/mol. The summed E-state index contributed by atoms with van der Waals surface area (Å²) in [5.74, 6) is 0. The molecule has 0 bridgehead atoms. The lowest BCUT2D eigenvalue weighted by molar-refractivity contribution is -0.875. The summed E-state index contributed by atoms with van der Waals surface area (Å²) < 4.78 is 12.1. The largest absolute Gasteiger partial charge is 0.373 e. The van der Waals surface area contributed by atoms with Crippen LogP contribution in [0.4, 0.5) is 0 Å². The minimum absolute atomic E-state index is 0.0633. The van der Waals surface area contributed by atoms with Crippen LogP contribution in [0.1, 0.15) is 135 Å². The summed E-state index contributed by atoms with van der Waals surface area (Å²) in [5.41, 5.74) is 0. The maximum atomic E-state index is 11.8. The Balaban J connectivity index is 3.50. The smallest absolute Gasteiger partial charge is 0.362 e. The van der Waals surface area contributed by atoms with Gasteiger partial charge in [-0.25, -0.2) is 0 Å². The number of allylic oxidation sites excluding steroid dienone is 2. The van der Waals surface area contributed by atoms with Crippen molar-refractivity contribution in [2.24, 2.45) is 0 Å². The van der Waals surface area contributed by atoms with Crippen LogP contribution in [-0.2, 0) is 4.57 Å². The summed E-state index contributed by atoms with van der Waals surface area (Å²) in [7, 11) is 0.988. The molecule has 0 saturated heterocycles. The van der Waals surface area contributed by atoms with Crippen molar-refractivity contribution in [1.82, 2.24) is 0 Å². The van der Waals surface area contributed by atoms with E-state index in [9.17, 15) is 19.5 Å². The zero-order valence-corrected chi connectivity index (χ0v) is 24.0. The molecular formula is C28H59NO4P+. The molecule has 0 fully saturated rings. The fraction of sp³-hybridized carbons (Fsp3) is 0.929. The van der Waals surface area contributed by atoms with E-state index in [4.69, 9.17) is 0 Å². The van der Waals surface area contributed by atoms with Gasteiger partial charge in [-0.15, -0.1) is 0 Å². The van der Waals surface area contributed by atoms with E-state index < -0.39 is 12.9 Å². The SMILES string of the molecule is CCCCC/C=C\CCCCCCCCCCCCCCCCC(O)(C[N+](C)(C)C)P(=O)(O)O. The second kappa shape index (κ2) is 19.9. The maximum Gasteiger partial charge on any atom is 0.362 e. The lowest BCUT2D eigenvalue weighted by Gasteiger charge is -2.35. The van der Waals surface area contributed by atoms with Crippen LogP contribution >= 0.6 is 7.60 Å². The first-order valence-electron chi connectivity index (χ1n) is 14.3. The number of unbranched alkanes of at least 4 members (excludes halogenated alkanes) is 17. The first-order chi connectivity index (χ1) is 16.0. The van der Waals surface area contributed by atoms with E-state index in [1.54, 1.807) is 0 Å². The molecule has 0 heterocycles. The van der Waals surface area contributed by atoms with Gasteiger partial charge in [0.2, 0.25) is 5.34 Å². The van der Waals surface area contributed by atoms with Crippen molar-refractivity contribution in [3.05, 3.63) is 12.2 Å². The van der Waals surface area contributed by atoms with Crippen LogP contribution in [0.15, 0.2) is 12.2 Å². The van der Waals surface area contributed by atoms with Crippen molar-refractivity contribution in [1.29, 1.82) is 0 Å². The summed E-state index contributed by atoms with van der Waals surface area (Å²) >= 11 is 0. The molecule has 0 aliphatic carbocycles. The van der Waals surface area contributed by atoms with Crippen molar-refractivity contribution >= 4 is 7.60 Å². The molecule has 0 aromatic rings. The lowest BCUT2D eigenvalue weighted by Crippen LogP contribution is -2.49. The molecule has 0 saturated carbocycles. The van der Waals surface area contributed by atoms with Gasteiger partial charge in [0.1, 0.15) is 6.54 Å². The average Bonchev–Trinajstić information content (AvgIpc) is 2.73. The molecular weight excluding hydrogens is 445 g/mol. The Morgan fingerprint density at radius 1 is 0.647 bits per heavy atom. The van der Waals surface area contributed by atoms with Gasteiger partial charge in [-0.2, -0.15) is 0 Å². The van der Waals surface area contributed by atoms with E-state index in [-0.39, 0.29) is 13.0 Å². The molecule has 3 N–H and O–H groups in total. The predicted octanol–water partition coefficient (Wildman–Crippen LogP) is 7.94. The average molecular weight is 505 g/mol. The zero-order valence-electron chi connectivity index (χ0n) is 23.1. The van der Waals surface area contributed by atoms with Gasteiger partial charge < -0.3 is 19.4 Å². The molecule has 0 amide bonds. The number of quaternary nitrogens is 1. The Morgan fingerprint density at radius 2 is 1.00 bits per heavy atom. The van der Waals surface area contributed by atoms with Crippen LogP contribution in [0.3, 0.4) is 0 Å². The Bertz CT molecular complexity index is 541. The highest BCUT2D eigenvalue weighted by Gasteiger charge is 2.48. The highest BCUT2D eigenvalue weighted by molar-refractivity contribution is 7.53. The molecule has 204 valence electrons. The molecule has 0 rings (SSSR count). The molecule has 0 aromatic heterocycles. The molecule has 0 radical (unpaired) electrons. The third-order valence-corrected chi connectivity index (χ3v) is 8.06. The van der Waals surface area contributed by atoms with Crippen LogP contribution < -0.4 is 0 Å². The maximum absolute atomic E-state index is 11.8. The summed E-state index contributed by atoms with van der Waals surface area (Å²) in [4.78, 5) is 19.2. The summed E-state index contributed by atoms with van der Waals surface area (Å²) in [6, 6.07) is 0. The molecule has 1 unspecified atom stereocenters. The van der Waals surface area contributed by atoms with Gasteiger partial charge in [0, 0.05) is 0 Å². The van der Waals surface area contributed by atoms with E-state index >= 15 is 0 Å². The lowest BCUT2D eigenvalue weighted by atomic mass is 10.0. The topological polar surface area (TPSA) is 77.8 Å². The number of nitrogens with zero attached hydrogens (tertiary/aromatic N) is 1. The highest BCUT2D eigenvalue weighted by Crippen LogP contribution is 2.52. The Morgan fingerprint density at radius 3 is 1.35 bits per heavy atom. The summed E-state index contributed by atoms with van der Waals surface area (Å²) in [5, 5.41) is 8.65. The Labute approximate surface area is 212 Å². The standard InChI is InChI=1S/C28H58NO4P/c1-5-6-7-8-9-10-11-12-13-14-15-16-17-18-19-20-21-22-23-24-25-26-28(30,34(31,32)33)27-29(2,3)4/h9-10,30H,5-8,11-27H2,1-4H3,(H-,31,32,33)/p+1/b10-9-. The molecule has 0 aliphatic heterocycles. The van der Waals surface area contributed by atoms with Gasteiger partial charge in [-0.05, 0) is 38.5 Å². The number of rotatable bonds is 24. The van der Waals surface area contributed by atoms with Crippen molar-refractivity contribution in [3.8, 4) is 0 Å². The quantitative estimate of drug-likeness (QED) is 0.0539. The van der Waals surface area contributed by atoms with Gasteiger partial charge in [0.05, 0.1) is 21.1 Å². The molecule has 0 aromatic carbocycles. The zero-order chi connectivity index (χ0) is 25.8. The molecule has 5 nitrogen and oxygen atoms in total. The van der Waals surface area contributed by atoms with E-state index in [0.717, 1.165) is 12.8 Å². The molecule has 0 aliphatic rings. The van der Waals surface area contributed by atoms with Crippen molar-refractivity contribution < 1.29 is 23.9 Å². The minimum atomic E-state index is -4.54. The van der Waals surface area contributed by atoms with Crippen LogP contribution in [0.5, 0.6) is 0 Å². The first kappa shape index (κ1) is 33.8. The van der Waals surface area contributed by atoms with Crippen molar-refractivity contribution in [2.45, 2.75) is 141 Å². The van der Waals surface area contributed by atoms with Gasteiger partial charge in [0.25, 0.3) is 0 Å². The number of hydrogen-bond acceptors (Lipinski definition) is 2. The van der Waals surface area contributed by atoms with Gasteiger partial charge >= 0.3 is 7.60 Å². The normalized spacial score (nSPS) is 14.7. The van der Waals surface area contributed by atoms with Crippen LogP contribution in [0.2, 0.25) is 0 Å². The van der Waals surface area contributed by atoms with Crippen LogP contribution in [0, 0.1) is 0 Å². The third kappa shape index (κ3) is 20.0. The number of likely N-dealkylation sites (N-methyl/N-ethyl adjacent to an activating group) is 1. The van der Waals surface area contributed by atoms with Crippen molar-refractivity contribution in [3.63, 3.8) is 0 Å². The van der Waals surface area contributed by atoms with Gasteiger partial charge in [0.15, 0.2) is 0 Å². The fourth-order valence-corrected chi connectivity index (χ4v) is 5.67. The van der Waals surface area contributed by atoms with Gasteiger partial charge in [-0.3, -0.25) is 4.57 Å². The Hall–Kier alpha value is -0.190. The Kier molecular flexibility index (Phi) is 19.8. The molecule has 6 heteroatoms. The highest BCUT2D eigenvalue weighted by atomic mass is 31.2. The predicted molar refractivity (Wildman–Crippen MR) is 147 cm³/mol. The minimum Gasteiger partial charge on any atom is -0.373 e. The van der Waals surface area contributed by atoms with Crippen LogP contribution in [-0.4, -0.2) is 52.4 Å². The number of hydrogen-bond donors (Lipinski definition) is 3. The second-order valence-corrected chi connectivity index (χ2v) is 13.4. The van der Waals surface area contributed by atoms with E-state index in [1.807, 2.05) is 21.1 Å². The van der Waals surface area contributed by atoms with E-state index in [0.29, 0.717) is 10.9 Å². The summed E-state index contributed by atoms with van der Waals surface area (Å²) in [6.07, 6.45) is 28.7. The van der Waals surface area contributed by atoms with E-state index in [1.165, 1.54) is 103 Å². The molecule has 1 atom stereocenters. The number of aliphatic hydroxyl groups is 1. The molecule has 0 spiro atoms. The second-order valence-electron chi connectivity index (χ2n) is 11.4. The van der Waals surface area contributed by atoms with E-state index in [2.05, 4.69) is 19.1 Å². The summed E-state index contributed by atoms with van der Waals surface area (Å²) in [6.45, 7) is 2.32. The molecule has 34 heavy (non-hydrogen) atoms. The first-order valence-corrected chi connectivity index (χ1v) is 15.9. The van der Waals surface area contributed by atoms with Crippen molar-refractivity contribution in [2.75, 3.05) is 27.7 Å².